The third-order valence-corrected chi connectivity index (χ3v) is 6.87. The summed E-state index contributed by atoms with van der Waals surface area (Å²) in [5, 5.41) is 3.62. The second-order valence-electron chi connectivity index (χ2n) is 9.75. The van der Waals surface area contributed by atoms with Crippen LogP contribution in [0.4, 0.5) is 5.69 Å². The Balaban J connectivity index is 1.74. The summed E-state index contributed by atoms with van der Waals surface area (Å²) in [4.78, 5) is 29.5. The van der Waals surface area contributed by atoms with Crippen LogP contribution in [-0.2, 0) is 22.6 Å². The predicted octanol–water partition coefficient (Wildman–Crippen LogP) is 7.42. The molecule has 4 aromatic rings. The van der Waals surface area contributed by atoms with E-state index in [-0.39, 0.29) is 24.8 Å². The van der Waals surface area contributed by atoms with Gasteiger partial charge in [-0.05, 0) is 64.6 Å². The lowest BCUT2D eigenvalue weighted by Gasteiger charge is -2.32. The molecule has 0 radical (unpaired) electrons. The molecule has 0 bridgehead atoms. The Morgan fingerprint density at radius 1 is 0.795 bits per heavy atom. The van der Waals surface area contributed by atoms with Gasteiger partial charge < -0.3 is 15.0 Å². The van der Waals surface area contributed by atoms with E-state index in [1.807, 2.05) is 66.7 Å². The third kappa shape index (κ3) is 7.49. The van der Waals surface area contributed by atoms with Gasteiger partial charge in [0.25, 0.3) is 5.91 Å². The van der Waals surface area contributed by atoms with E-state index in [4.69, 9.17) is 16.3 Å². The van der Waals surface area contributed by atoms with Crippen molar-refractivity contribution in [2.24, 2.45) is 0 Å². The summed E-state index contributed by atoms with van der Waals surface area (Å²) in [6.07, 6.45) is 0.171. The average Bonchev–Trinajstić information content (AvgIpc) is 2.95. The molecule has 39 heavy (non-hydrogen) atoms. The number of halogens is 1. The van der Waals surface area contributed by atoms with Crippen LogP contribution >= 0.6 is 11.6 Å². The molecule has 1 N–H and O–H groups in total. The van der Waals surface area contributed by atoms with Crippen LogP contribution in [0.15, 0.2) is 103 Å². The molecule has 0 aliphatic carbocycles. The van der Waals surface area contributed by atoms with Crippen molar-refractivity contribution in [3.8, 4) is 5.75 Å². The van der Waals surface area contributed by atoms with Gasteiger partial charge in [0.05, 0.1) is 13.5 Å². The van der Waals surface area contributed by atoms with Crippen molar-refractivity contribution < 1.29 is 14.3 Å². The van der Waals surface area contributed by atoms with Crippen molar-refractivity contribution in [1.82, 2.24) is 4.90 Å². The Hall–Kier alpha value is -4.09. The Labute approximate surface area is 235 Å². The number of methoxy groups -OCH3 is 1. The van der Waals surface area contributed by atoms with Crippen LogP contribution in [-0.4, -0.2) is 23.8 Å². The second kappa shape index (κ2) is 13.1. The molecule has 5 nitrogen and oxygen atoms in total. The van der Waals surface area contributed by atoms with Crippen LogP contribution in [0.2, 0.25) is 5.02 Å². The Kier molecular flexibility index (Phi) is 9.40. The summed E-state index contributed by atoms with van der Waals surface area (Å²) in [5.41, 5.74) is 4.27. The SMILES string of the molecule is COc1ccc(NC(=O)C(c2ccc(C(C)C)cc2)N(Cc2ccc(Cl)cc2)C(=O)Cc2ccccc2)cc1. The minimum absolute atomic E-state index is 0.154. The first-order valence-electron chi connectivity index (χ1n) is 13.0. The molecule has 0 aromatic heterocycles. The molecule has 1 unspecified atom stereocenters. The van der Waals surface area contributed by atoms with Crippen molar-refractivity contribution in [3.05, 3.63) is 130 Å². The smallest absolute Gasteiger partial charge is 0.251 e. The van der Waals surface area contributed by atoms with E-state index in [0.717, 1.165) is 22.3 Å². The number of ether oxygens (including phenoxy) is 1. The standard InChI is InChI=1S/C33H33ClN2O3/c1-23(2)26-11-13-27(14-12-26)32(33(38)35-29-17-19-30(39-3)20-18-29)36(22-25-9-15-28(34)16-10-25)31(37)21-24-7-5-4-6-8-24/h4-20,23,32H,21-22H2,1-3H3,(H,35,38). The predicted molar refractivity (Wildman–Crippen MR) is 157 cm³/mol. The number of hydrogen-bond donors (Lipinski definition) is 1. The highest BCUT2D eigenvalue weighted by Gasteiger charge is 2.32. The average molecular weight is 541 g/mol. The van der Waals surface area contributed by atoms with Crippen LogP contribution < -0.4 is 10.1 Å². The summed E-state index contributed by atoms with van der Waals surface area (Å²) < 4.78 is 5.25. The van der Waals surface area contributed by atoms with Gasteiger partial charge >= 0.3 is 0 Å². The van der Waals surface area contributed by atoms with Crippen molar-refractivity contribution in [2.75, 3.05) is 12.4 Å². The van der Waals surface area contributed by atoms with E-state index in [1.165, 1.54) is 0 Å². The number of rotatable bonds is 10. The Morgan fingerprint density at radius 2 is 1.41 bits per heavy atom. The molecule has 0 aliphatic rings. The lowest BCUT2D eigenvalue weighted by atomic mass is 9.97. The molecule has 0 saturated heterocycles. The first kappa shape index (κ1) is 27.9. The van der Waals surface area contributed by atoms with Gasteiger partial charge in [0.1, 0.15) is 11.8 Å². The van der Waals surface area contributed by atoms with Crippen LogP contribution in [0, 0.1) is 0 Å². The fourth-order valence-corrected chi connectivity index (χ4v) is 4.53. The molecular weight excluding hydrogens is 508 g/mol. The largest absolute Gasteiger partial charge is 0.497 e. The van der Waals surface area contributed by atoms with Gasteiger partial charge in [-0.25, -0.2) is 0 Å². The molecule has 0 saturated carbocycles. The maximum atomic E-state index is 14.0. The third-order valence-electron chi connectivity index (χ3n) is 6.62. The molecule has 4 rings (SSSR count). The summed E-state index contributed by atoms with van der Waals surface area (Å²) in [7, 11) is 1.59. The molecule has 200 valence electrons. The number of hydrogen-bond acceptors (Lipinski definition) is 3. The van der Waals surface area contributed by atoms with Crippen molar-refractivity contribution in [3.63, 3.8) is 0 Å². The zero-order valence-electron chi connectivity index (χ0n) is 22.4. The van der Waals surface area contributed by atoms with Gasteiger partial charge in [-0.1, -0.05) is 92.2 Å². The topological polar surface area (TPSA) is 58.6 Å². The fraction of sp³-hybridized carbons (Fsp3) is 0.212. The first-order chi connectivity index (χ1) is 18.8. The lowest BCUT2D eigenvalue weighted by molar-refractivity contribution is -0.139. The number of amides is 2. The molecule has 0 aliphatic heterocycles. The maximum absolute atomic E-state index is 14.0. The fourth-order valence-electron chi connectivity index (χ4n) is 4.40. The summed E-state index contributed by atoms with van der Waals surface area (Å²) in [6, 6.07) is 31.1. The molecular formula is C33H33ClN2O3. The molecule has 0 heterocycles. The highest BCUT2D eigenvalue weighted by atomic mass is 35.5. The first-order valence-corrected chi connectivity index (χ1v) is 13.3. The van der Waals surface area contributed by atoms with Crippen molar-refractivity contribution in [2.45, 2.75) is 38.8 Å². The molecule has 0 spiro atoms. The Bertz CT molecular complexity index is 1370. The molecule has 0 fully saturated rings. The minimum Gasteiger partial charge on any atom is -0.497 e. The van der Waals surface area contributed by atoms with Gasteiger partial charge in [-0.15, -0.1) is 0 Å². The molecule has 4 aromatic carbocycles. The number of nitrogens with one attached hydrogen (secondary N) is 1. The monoisotopic (exact) mass is 540 g/mol. The van der Waals surface area contributed by atoms with E-state index in [9.17, 15) is 9.59 Å². The highest BCUT2D eigenvalue weighted by Crippen LogP contribution is 2.29. The zero-order valence-corrected chi connectivity index (χ0v) is 23.2. The molecule has 1 atom stereocenters. The van der Waals surface area contributed by atoms with E-state index in [0.29, 0.717) is 22.4 Å². The van der Waals surface area contributed by atoms with Gasteiger partial charge in [-0.3, -0.25) is 9.59 Å². The summed E-state index contributed by atoms with van der Waals surface area (Å²) in [6.45, 7) is 4.49. The lowest BCUT2D eigenvalue weighted by Crippen LogP contribution is -2.41. The Morgan fingerprint density at radius 3 is 2.00 bits per heavy atom. The van der Waals surface area contributed by atoms with Crippen LogP contribution in [0.1, 0.15) is 48.1 Å². The van der Waals surface area contributed by atoms with Gasteiger partial charge in [-0.2, -0.15) is 0 Å². The van der Waals surface area contributed by atoms with Crippen molar-refractivity contribution >= 4 is 29.1 Å². The van der Waals surface area contributed by atoms with E-state index < -0.39 is 6.04 Å². The van der Waals surface area contributed by atoms with E-state index >= 15 is 0 Å². The number of nitrogens with zero attached hydrogens (tertiary/aromatic N) is 1. The van der Waals surface area contributed by atoms with E-state index in [1.54, 1.807) is 48.4 Å². The van der Waals surface area contributed by atoms with Gasteiger partial charge in [0.15, 0.2) is 0 Å². The summed E-state index contributed by atoms with van der Waals surface area (Å²) >= 11 is 6.13. The van der Waals surface area contributed by atoms with Crippen LogP contribution in [0.25, 0.3) is 0 Å². The van der Waals surface area contributed by atoms with Crippen LogP contribution in [0.3, 0.4) is 0 Å². The number of benzene rings is 4. The van der Waals surface area contributed by atoms with Gasteiger partial charge in [0, 0.05) is 17.3 Å². The summed E-state index contributed by atoms with van der Waals surface area (Å²) in [5.74, 6) is 0.582. The quantitative estimate of drug-likeness (QED) is 0.227. The zero-order chi connectivity index (χ0) is 27.8. The normalized spacial score (nSPS) is 11.6. The number of carbonyl (C=O) groups is 2. The highest BCUT2D eigenvalue weighted by molar-refractivity contribution is 6.30. The maximum Gasteiger partial charge on any atom is 0.251 e. The van der Waals surface area contributed by atoms with E-state index in [2.05, 4.69) is 19.2 Å². The molecule has 2 amide bonds. The second-order valence-corrected chi connectivity index (χ2v) is 10.2. The number of carbonyl (C=O) groups excluding carboxylic acids is 2. The van der Waals surface area contributed by atoms with Gasteiger partial charge in [0.2, 0.25) is 5.91 Å². The minimum atomic E-state index is -0.861. The number of anilines is 1. The van der Waals surface area contributed by atoms with Crippen LogP contribution in [0.5, 0.6) is 5.75 Å². The molecule has 6 heteroatoms. The van der Waals surface area contributed by atoms with Crippen molar-refractivity contribution in [1.29, 1.82) is 0 Å².